The first kappa shape index (κ1) is 16.3. The SMILES string of the molecule is CCC(C)N(CC)C(=O)c1ccc(C)c(C#CCO)c1. The Kier molecular flexibility index (Phi) is 6.27. The van der Waals surface area contributed by atoms with Gasteiger partial charge in [0.25, 0.3) is 5.91 Å². The lowest BCUT2D eigenvalue weighted by atomic mass is 10.0. The molecule has 3 nitrogen and oxygen atoms in total. The number of aryl methyl sites for hydroxylation is 1. The van der Waals surface area contributed by atoms with Crippen molar-refractivity contribution < 1.29 is 9.90 Å². The molecule has 0 heterocycles. The van der Waals surface area contributed by atoms with Crippen LogP contribution in [0.4, 0.5) is 0 Å². The summed E-state index contributed by atoms with van der Waals surface area (Å²) >= 11 is 0. The highest BCUT2D eigenvalue weighted by atomic mass is 16.2. The molecule has 0 radical (unpaired) electrons. The van der Waals surface area contributed by atoms with Crippen LogP contribution in [0.15, 0.2) is 18.2 Å². The summed E-state index contributed by atoms with van der Waals surface area (Å²) in [6.07, 6.45) is 0.933. The number of carbonyl (C=O) groups excluding carboxylic acids is 1. The molecule has 0 spiro atoms. The van der Waals surface area contributed by atoms with Crippen molar-refractivity contribution in [2.24, 2.45) is 0 Å². The summed E-state index contributed by atoms with van der Waals surface area (Å²) in [7, 11) is 0. The first-order chi connectivity index (χ1) is 9.54. The molecule has 0 bridgehead atoms. The third-order valence-electron chi connectivity index (χ3n) is 3.51. The van der Waals surface area contributed by atoms with Gasteiger partial charge in [-0.15, -0.1) is 0 Å². The quantitative estimate of drug-likeness (QED) is 0.857. The van der Waals surface area contributed by atoms with E-state index in [0.29, 0.717) is 12.1 Å². The molecule has 0 aliphatic rings. The van der Waals surface area contributed by atoms with Gasteiger partial charge in [0.15, 0.2) is 0 Å². The average molecular weight is 273 g/mol. The predicted octanol–water partition coefficient (Wildman–Crippen LogP) is 2.60. The maximum atomic E-state index is 12.5. The Morgan fingerprint density at radius 2 is 2.10 bits per heavy atom. The highest BCUT2D eigenvalue weighted by Crippen LogP contribution is 2.15. The van der Waals surface area contributed by atoms with E-state index in [1.807, 2.05) is 36.9 Å². The molecule has 1 unspecified atom stereocenters. The minimum Gasteiger partial charge on any atom is -0.384 e. The maximum absolute atomic E-state index is 12.5. The van der Waals surface area contributed by atoms with Gasteiger partial charge >= 0.3 is 0 Å². The van der Waals surface area contributed by atoms with E-state index in [1.165, 1.54) is 0 Å². The zero-order valence-electron chi connectivity index (χ0n) is 12.7. The molecule has 1 aromatic rings. The lowest BCUT2D eigenvalue weighted by molar-refractivity contribution is 0.0700. The maximum Gasteiger partial charge on any atom is 0.254 e. The number of nitrogens with zero attached hydrogens (tertiary/aromatic N) is 1. The molecule has 0 saturated carbocycles. The Morgan fingerprint density at radius 1 is 1.40 bits per heavy atom. The minimum absolute atomic E-state index is 0.0360. The van der Waals surface area contributed by atoms with Crippen LogP contribution in [0.5, 0.6) is 0 Å². The molecule has 0 aliphatic heterocycles. The van der Waals surface area contributed by atoms with Crippen molar-refractivity contribution in [1.82, 2.24) is 4.90 Å². The summed E-state index contributed by atoms with van der Waals surface area (Å²) in [4.78, 5) is 14.4. The van der Waals surface area contributed by atoms with Crippen molar-refractivity contribution >= 4 is 5.91 Å². The largest absolute Gasteiger partial charge is 0.384 e. The van der Waals surface area contributed by atoms with Crippen molar-refractivity contribution in [3.8, 4) is 11.8 Å². The van der Waals surface area contributed by atoms with Crippen LogP contribution in [0.3, 0.4) is 0 Å². The lowest BCUT2D eigenvalue weighted by Gasteiger charge is -2.27. The van der Waals surface area contributed by atoms with E-state index in [1.54, 1.807) is 0 Å². The van der Waals surface area contributed by atoms with Gasteiger partial charge in [-0.1, -0.05) is 24.8 Å². The van der Waals surface area contributed by atoms with Crippen LogP contribution in [-0.4, -0.2) is 35.1 Å². The van der Waals surface area contributed by atoms with Gasteiger partial charge in [-0.2, -0.15) is 0 Å². The summed E-state index contributed by atoms with van der Waals surface area (Å²) in [5.74, 6) is 5.55. The average Bonchev–Trinajstić information content (AvgIpc) is 2.46. The Morgan fingerprint density at radius 3 is 2.65 bits per heavy atom. The molecule has 1 amide bonds. The molecule has 0 aromatic heterocycles. The van der Waals surface area contributed by atoms with Crippen LogP contribution in [-0.2, 0) is 0 Å². The number of carbonyl (C=O) groups is 1. The molecular formula is C17H23NO2. The highest BCUT2D eigenvalue weighted by Gasteiger charge is 2.19. The molecule has 0 fully saturated rings. The molecule has 1 rings (SSSR count). The van der Waals surface area contributed by atoms with Crippen molar-refractivity contribution in [3.05, 3.63) is 34.9 Å². The topological polar surface area (TPSA) is 40.5 Å². The van der Waals surface area contributed by atoms with Gasteiger partial charge in [-0.25, -0.2) is 0 Å². The molecule has 3 heteroatoms. The van der Waals surface area contributed by atoms with Crippen molar-refractivity contribution in [2.75, 3.05) is 13.2 Å². The fourth-order valence-electron chi connectivity index (χ4n) is 2.07. The third kappa shape index (κ3) is 3.85. The van der Waals surface area contributed by atoms with Gasteiger partial charge < -0.3 is 10.0 Å². The summed E-state index contributed by atoms with van der Waals surface area (Å²) in [5, 5.41) is 8.78. The van der Waals surface area contributed by atoms with Gasteiger partial charge in [-0.3, -0.25) is 4.79 Å². The minimum atomic E-state index is -0.175. The summed E-state index contributed by atoms with van der Waals surface area (Å²) in [5.41, 5.74) is 2.46. The molecule has 108 valence electrons. The smallest absolute Gasteiger partial charge is 0.254 e. The molecular weight excluding hydrogens is 250 g/mol. The Labute approximate surface area is 121 Å². The van der Waals surface area contributed by atoms with E-state index in [-0.39, 0.29) is 18.6 Å². The number of hydrogen-bond acceptors (Lipinski definition) is 2. The number of amides is 1. The number of rotatable bonds is 4. The number of aliphatic hydroxyl groups is 1. The number of hydrogen-bond donors (Lipinski definition) is 1. The third-order valence-corrected chi connectivity index (χ3v) is 3.51. The van der Waals surface area contributed by atoms with E-state index >= 15 is 0 Å². The molecule has 1 atom stereocenters. The summed E-state index contributed by atoms with van der Waals surface area (Å²) in [6.45, 7) is 8.59. The van der Waals surface area contributed by atoms with E-state index < -0.39 is 0 Å². The van der Waals surface area contributed by atoms with Gasteiger partial charge in [0.2, 0.25) is 0 Å². The number of benzene rings is 1. The molecule has 0 saturated heterocycles. The molecule has 1 N–H and O–H groups in total. The second-order valence-corrected chi connectivity index (χ2v) is 4.84. The molecule has 1 aromatic carbocycles. The van der Waals surface area contributed by atoms with Crippen LogP contribution in [0.2, 0.25) is 0 Å². The standard InChI is InChI=1S/C17H23NO2/c1-5-14(4)18(6-2)17(20)16-10-9-13(3)15(12-16)8-7-11-19/h9-10,12,14,19H,5-6,11H2,1-4H3. The summed E-state index contributed by atoms with van der Waals surface area (Å²) < 4.78 is 0. The first-order valence-electron chi connectivity index (χ1n) is 7.06. The Balaban J connectivity index is 3.10. The van der Waals surface area contributed by atoms with Gasteiger partial charge in [0.05, 0.1) is 0 Å². The van der Waals surface area contributed by atoms with Crippen molar-refractivity contribution in [1.29, 1.82) is 0 Å². The zero-order valence-corrected chi connectivity index (χ0v) is 12.7. The first-order valence-corrected chi connectivity index (χ1v) is 7.06. The predicted molar refractivity (Wildman–Crippen MR) is 81.6 cm³/mol. The van der Waals surface area contributed by atoms with Crippen LogP contribution in [0, 0.1) is 18.8 Å². The normalized spacial score (nSPS) is 11.4. The number of aliphatic hydroxyl groups excluding tert-OH is 1. The molecule has 20 heavy (non-hydrogen) atoms. The Bertz CT molecular complexity index is 526. The van der Waals surface area contributed by atoms with Crippen LogP contribution in [0.25, 0.3) is 0 Å². The van der Waals surface area contributed by atoms with Crippen LogP contribution >= 0.6 is 0 Å². The van der Waals surface area contributed by atoms with Crippen molar-refractivity contribution in [3.63, 3.8) is 0 Å². The lowest BCUT2D eigenvalue weighted by Crippen LogP contribution is -2.38. The van der Waals surface area contributed by atoms with E-state index in [0.717, 1.165) is 17.5 Å². The van der Waals surface area contributed by atoms with E-state index in [4.69, 9.17) is 5.11 Å². The zero-order chi connectivity index (χ0) is 15.1. The second kappa shape index (κ2) is 7.72. The summed E-state index contributed by atoms with van der Waals surface area (Å²) in [6, 6.07) is 5.78. The second-order valence-electron chi connectivity index (χ2n) is 4.84. The van der Waals surface area contributed by atoms with Gasteiger partial charge in [-0.05, 0) is 44.9 Å². The van der Waals surface area contributed by atoms with Gasteiger partial charge in [0, 0.05) is 23.7 Å². The fraction of sp³-hybridized carbons (Fsp3) is 0.471. The van der Waals surface area contributed by atoms with Crippen LogP contribution in [0.1, 0.15) is 48.7 Å². The fourth-order valence-corrected chi connectivity index (χ4v) is 2.07. The molecule has 0 aliphatic carbocycles. The van der Waals surface area contributed by atoms with E-state index in [2.05, 4.69) is 25.7 Å². The Hall–Kier alpha value is -1.79. The van der Waals surface area contributed by atoms with Gasteiger partial charge in [0.1, 0.15) is 6.61 Å². The highest BCUT2D eigenvalue weighted by molar-refractivity contribution is 5.95. The monoisotopic (exact) mass is 273 g/mol. The van der Waals surface area contributed by atoms with Crippen molar-refractivity contribution in [2.45, 2.75) is 40.2 Å². The van der Waals surface area contributed by atoms with E-state index in [9.17, 15) is 4.79 Å². The van der Waals surface area contributed by atoms with Crippen LogP contribution < -0.4 is 0 Å².